The number of rotatable bonds is 6. The van der Waals surface area contributed by atoms with E-state index in [9.17, 15) is 14.4 Å². The number of benzene rings is 2. The molecule has 2 heterocycles. The van der Waals surface area contributed by atoms with Crippen LogP contribution in [0.25, 0.3) is 16.8 Å². The minimum absolute atomic E-state index is 0.264. The highest BCUT2D eigenvalue weighted by atomic mass is 16.5. The monoisotopic (exact) mass is 431 g/mol. The maximum absolute atomic E-state index is 12.8. The molecule has 0 fully saturated rings. The minimum atomic E-state index is -0.464. The van der Waals surface area contributed by atoms with Crippen LogP contribution in [0.2, 0.25) is 0 Å². The molecule has 0 atom stereocenters. The van der Waals surface area contributed by atoms with E-state index in [0.717, 1.165) is 16.7 Å². The second-order valence-corrected chi connectivity index (χ2v) is 7.12. The Hall–Kier alpha value is -4.27. The number of nitrogens with zero attached hydrogens (tertiary/aromatic N) is 4. The SMILES string of the molecule is CCc1ccc(-c2cc3c(=O)n(CC(=O)Nc4ccc(C(=O)OC)cc4)ncn3n2)cc1. The summed E-state index contributed by atoms with van der Waals surface area (Å²) < 4.78 is 7.14. The van der Waals surface area contributed by atoms with Gasteiger partial charge in [0.05, 0.1) is 18.4 Å². The highest BCUT2D eigenvalue weighted by molar-refractivity contribution is 5.92. The molecule has 4 aromatic rings. The Morgan fingerprint density at radius 3 is 2.44 bits per heavy atom. The fourth-order valence-corrected chi connectivity index (χ4v) is 3.25. The van der Waals surface area contributed by atoms with Crippen LogP contribution in [-0.4, -0.2) is 38.4 Å². The first-order valence-corrected chi connectivity index (χ1v) is 10.0. The third-order valence-corrected chi connectivity index (χ3v) is 5.03. The molecule has 162 valence electrons. The molecule has 0 saturated carbocycles. The van der Waals surface area contributed by atoms with Crippen molar-refractivity contribution >= 4 is 23.1 Å². The van der Waals surface area contributed by atoms with Gasteiger partial charge in [-0.05, 0) is 42.3 Å². The summed E-state index contributed by atoms with van der Waals surface area (Å²) in [4.78, 5) is 36.7. The van der Waals surface area contributed by atoms with Crippen molar-refractivity contribution in [2.75, 3.05) is 12.4 Å². The number of nitrogens with one attached hydrogen (secondary N) is 1. The molecule has 9 heteroatoms. The number of hydrogen-bond acceptors (Lipinski definition) is 6. The standard InChI is InChI=1S/C23H21N5O4/c1-3-15-4-6-16(7-5-15)19-12-20-22(30)27(24-14-28(20)26-19)13-21(29)25-18-10-8-17(9-11-18)23(31)32-2/h4-12,14H,3,13H2,1-2H3,(H,25,29). The summed E-state index contributed by atoms with van der Waals surface area (Å²) in [6.45, 7) is 1.82. The lowest BCUT2D eigenvalue weighted by atomic mass is 10.1. The van der Waals surface area contributed by atoms with Crippen LogP contribution in [0.5, 0.6) is 0 Å². The summed E-state index contributed by atoms with van der Waals surface area (Å²) >= 11 is 0. The van der Waals surface area contributed by atoms with E-state index in [-0.39, 0.29) is 6.54 Å². The van der Waals surface area contributed by atoms with Gasteiger partial charge in [-0.1, -0.05) is 31.2 Å². The molecule has 0 radical (unpaired) electrons. The van der Waals surface area contributed by atoms with Crippen LogP contribution >= 0.6 is 0 Å². The Morgan fingerprint density at radius 2 is 1.78 bits per heavy atom. The number of carbonyl (C=O) groups excluding carboxylic acids is 2. The van der Waals surface area contributed by atoms with Crippen LogP contribution in [0, 0.1) is 0 Å². The van der Waals surface area contributed by atoms with E-state index in [1.807, 2.05) is 24.3 Å². The van der Waals surface area contributed by atoms with Crippen LogP contribution in [-0.2, 0) is 22.5 Å². The molecule has 0 aliphatic heterocycles. The van der Waals surface area contributed by atoms with Gasteiger partial charge in [0.15, 0.2) is 0 Å². The van der Waals surface area contributed by atoms with Crippen LogP contribution in [0.15, 0.2) is 65.7 Å². The first-order valence-electron chi connectivity index (χ1n) is 10.0. The predicted molar refractivity (Wildman–Crippen MR) is 118 cm³/mol. The van der Waals surface area contributed by atoms with Crippen LogP contribution in [0.4, 0.5) is 5.69 Å². The maximum atomic E-state index is 12.8. The maximum Gasteiger partial charge on any atom is 0.337 e. The number of fused-ring (bicyclic) bond motifs is 1. The number of esters is 1. The average molecular weight is 431 g/mol. The number of carbonyl (C=O) groups is 2. The number of methoxy groups -OCH3 is 1. The second kappa shape index (κ2) is 8.84. The van der Waals surface area contributed by atoms with Crippen molar-refractivity contribution in [2.24, 2.45) is 0 Å². The van der Waals surface area contributed by atoms with Gasteiger partial charge in [-0.15, -0.1) is 0 Å². The summed E-state index contributed by atoms with van der Waals surface area (Å²) in [6, 6.07) is 15.9. The normalized spacial score (nSPS) is 10.8. The molecule has 2 aromatic carbocycles. The van der Waals surface area contributed by atoms with Crippen molar-refractivity contribution < 1.29 is 14.3 Å². The third-order valence-electron chi connectivity index (χ3n) is 5.03. The fourth-order valence-electron chi connectivity index (χ4n) is 3.25. The van der Waals surface area contributed by atoms with Gasteiger partial charge in [0.25, 0.3) is 5.56 Å². The molecule has 32 heavy (non-hydrogen) atoms. The van der Waals surface area contributed by atoms with Gasteiger partial charge >= 0.3 is 5.97 Å². The number of aryl methyl sites for hydroxylation is 1. The van der Waals surface area contributed by atoms with Gasteiger partial charge in [-0.2, -0.15) is 10.2 Å². The summed E-state index contributed by atoms with van der Waals surface area (Å²) in [5, 5.41) is 11.2. The highest BCUT2D eigenvalue weighted by Gasteiger charge is 2.13. The topological polar surface area (TPSA) is 108 Å². The Balaban J connectivity index is 1.51. The zero-order chi connectivity index (χ0) is 22.7. The van der Waals surface area contributed by atoms with Crippen molar-refractivity contribution in [3.05, 3.63) is 82.4 Å². The molecule has 4 rings (SSSR count). The number of amides is 1. The van der Waals surface area contributed by atoms with Crippen molar-refractivity contribution in [2.45, 2.75) is 19.9 Å². The molecule has 0 bridgehead atoms. The quantitative estimate of drug-likeness (QED) is 0.470. The van der Waals surface area contributed by atoms with Crippen molar-refractivity contribution in [3.8, 4) is 11.3 Å². The Labute approximate surface area is 183 Å². The van der Waals surface area contributed by atoms with E-state index in [2.05, 4.69) is 27.2 Å². The number of anilines is 1. The Morgan fingerprint density at radius 1 is 1.06 bits per heavy atom. The van der Waals surface area contributed by atoms with E-state index >= 15 is 0 Å². The van der Waals surface area contributed by atoms with E-state index in [1.54, 1.807) is 30.3 Å². The molecule has 9 nitrogen and oxygen atoms in total. The number of ether oxygens (including phenoxy) is 1. The third kappa shape index (κ3) is 4.27. The zero-order valence-corrected chi connectivity index (χ0v) is 17.6. The van der Waals surface area contributed by atoms with E-state index in [1.165, 1.54) is 23.5 Å². The van der Waals surface area contributed by atoms with Crippen molar-refractivity contribution in [3.63, 3.8) is 0 Å². The number of aromatic nitrogens is 4. The summed E-state index contributed by atoms with van der Waals surface area (Å²) in [7, 11) is 1.30. The van der Waals surface area contributed by atoms with Gasteiger partial charge in [0, 0.05) is 11.3 Å². The lowest BCUT2D eigenvalue weighted by Gasteiger charge is -2.07. The van der Waals surface area contributed by atoms with Crippen molar-refractivity contribution in [1.29, 1.82) is 0 Å². The highest BCUT2D eigenvalue weighted by Crippen LogP contribution is 2.19. The van der Waals surface area contributed by atoms with Gasteiger partial charge in [-0.25, -0.2) is 14.0 Å². The molecule has 0 aliphatic carbocycles. The van der Waals surface area contributed by atoms with Crippen molar-refractivity contribution in [1.82, 2.24) is 19.4 Å². The molecular weight excluding hydrogens is 410 g/mol. The first kappa shape index (κ1) is 21.0. The predicted octanol–water partition coefficient (Wildman–Crippen LogP) is 2.55. The molecular formula is C23H21N5O4. The molecule has 1 amide bonds. The summed E-state index contributed by atoms with van der Waals surface area (Å²) in [6.07, 6.45) is 2.34. The largest absolute Gasteiger partial charge is 0.465 e. The van der Waals surface area contributed by atoms with Crippen LogP contribution in [0.3, 0.4) is 0 Å². The fraction of sp³-hybridized carbons (Fsp3) is 0.174. The average Bonchev–Trinajstić information content (AvgIpc) is 3.26. The van der Waals surface area contributed by atoms with E-state index in [0.29, 0.717) is 22.5 Å². The summed E-state index contributed by atoms with van der Waals surface area (Å²) in [5.41, 5.74) is 3.52. The van der Waals surface area contributed by atoms with Gasteiger partial charge in [0.2, 0.25) is 5.91 Å². The van der Waals surface area contributed by atoms with Crippen LogP contribution < -0.4 is 10.9 Å². The number of hydrogen-bond donors (Lipinski definition) is 1. The van der Waals surface area contributed by atoms with E-state index in [4.69, 9.17) is 0 Å². The zero-order valence-electron chi connectivity index (χ0n) is 17.6. The van der Waals surface area contributed by atoms with Gasteiger partial charge < -0.3 is 10.1 Å². The molecule has 0 spiro atoms. The van der Waals surface area contributed by atoms with Gasteiger partial charge in [0.1, 0.15) is 18.4 Å². The Bertz CT molecular complexity index is 1340. The van der Waals surface area contributed by atoms with Crippen LogP contribution in [0.1, 0.15) is 22.8 Å². The minimum Gasteiger partial charge on any atom is -0.465 e. The smallest absolute Gasteiger partial charge is 0.337 e. The lowest BCUT2D eigenvalue weighted by molar-refractivity contribution is -0.117. The molecule has 0 unspecified atom stereocenters. The molecule has 0 saturated heterocycles. The molecule has 2 aromatic heterocycles. The van der Waals surface area contributed by atoms with Gasteiger partial charge in [-0.3, -0.25) is 9.59 Å². The molecule has 1 N–H and O–H groups in total. The Kier molecular flexibility index (Phi) is 5.80. The second-order valence-electron chi connectivity index (χ2n) is 7.12. The summed E-state index contributed by atoms with van der Waals surface area (Å²) in [5.74, 6) is -0.891. The lowest BCUT2D eigenvalue weighted by Crippen LogP contribution is -2.30. The van der Waals surface area contributed by atoms with E-state index < -0.39 is 17.4 Å². The first-order chi connectivity index (χ1) is 15.5. The molecule has 0 aliphatic rings.